The lowest BCUT2D eigenvalue weighted by Gasteiger charge is -2.32. The highest BCUT2D eigenvalue weighted by atomic mass is 19.1. The Hall–Kier alpha value is -3.22. The van der Waals surface area contributed by atoms with E-state index in [1.54, 1.807) is 17.3 Å². The highest BCUT2D eigenvalue weighted by molar-refractivity contribution is 5.94. The first kappa shape index (κ1) is 19.7. The first-order valence-corrected chi connectivity index (χ1v) is 10.6. The number of piperidine rings is 1. The lowest BCUT2D eigenvalue weighted by molar-refractivity contribution is 0.0707. The molecule has 2 fully saturated rings. The average Bonchev–Trinajstić information content (AvgIpc) is 3.65. The van der Waals surface area contributed by atoms with E-state index in [1.165, 1.54) is 6.07 Å². The van der Waals surface area contributed by atoms with Gasteiger partial charge in [0, 0.05) is 55.1 Å². The lowest BCUT2D eigenvalue weighted by atomic mass is 9.88. The van der Waals surface area contributed by atoms with E-state index >= 15 is 0 Å². The molecule has 158 valence electrons. The Labute approximate surface area is 179 Å². The van der Waals surface area contributed by atoms with E-state index in [0.29, 0.717) is 19.0 Å². The van der Waals surface area contributed by atoms with Crippen molar-refractivity contribution in [1.29, 1.82) is 0 Å². The molecular weight excluding hydrogens is 398 g/mol. The molecule has 0 atom stereocenters. The molecule has 0 bridgehead atoms. The second-order valence-corrected chi connectivity index (χ2v) is 8.23. The summed E-state index contributed by atoms with van der Waals surface area (Å²) in [6.07, 6.45) is 9.14. The van der Waals surface area contributed by atoms with E-state index in [1.807, 2.05) is 18.3 Å². The highest BCUT2D eigenvalue weighted by Gasteiger charge is 2.31. The number of rotatable bonds is 4. The zero-order chi connectivity index (χ0) is 21.4. The molecule has 3 heterocycles. The molecule has 5 nitrogen and oxygen atoms in total. The van der Waals surface area contributed by atoms with Crippen molar-refractivity contribution in [2.24, 2.45) is 0 Å². The first-order valence-electron chi connectivity index (χ1n) is 10.6. The molecular formula is C24H22F2N4O. The summed E-state index contributed by atoms with van der Waals surface area (Å²) >= 11 is 0. The molecule has 3 aromatic rings. The molecule has 2 aromatic heterocycles. The van der Waals surface area contributed by atoms with Gasteiger partial charge in [-0.25, -0.2) is 18.7 Å². The van der Waals surface area contributed by atoms with Crippen molar-refractivity contribution in [3.05, 3.63) is 77.6 Å². The third-order valence-electron chi connectivity index (χ3n) is 6.10. The minimum Gasteiger partial charge on any atom is -0.339 e. The Morgan fingerprint density at radius 1 is 0.968 bits per heavy atom. The van der Waals surface area contributed by atoms with Crippen molar-refractivity contribution < 1.29 is 13.6 Å². The summed E-state index contributed by atoms with van der Waals surface area (Å²) in [5, 5.41) is 0. The number of hydrogen-bond donors (Lipinski definition) is 0. The molecule has 1 saturated carbocycles. The molecule has 0 spiro atoms. The van der Waals surface area contributed by atoms with Crippen LogP contribution in [0.15, 0.2) is 48.9 Å². The monoisotopic (exact) mass is 420 g/mol. The molecule has 7 heteroatoms. The Bertz CT molecular complexity index is 1110. The van der Waals surface area contributed by atoms with Crippen LogP contribution in [0.3, 0.4) is 0 Å². The van der Waals surface area contributed by atoms with Crippen molar-refractivity contribution in [1.82, 2.24) is 19.9 Å². The van der Waals surface area contributed by atoms with Gasteiger partial charge in [-0.3, -0.25) is 9.78 Å². The van der Waals surface area contributed by atoms with Crippen LogP contribution in [0.5, 0.6) is 0 Å². The van der Waals surface area contributed by atoms with Crippen LogP contribution in [0, 0.1) is 11.6 Å². The molecule has 1 aliphatic carbocycles. The fraction of sp³-hybridized carbons (Fsp3) is 0.333. The zero-order valence-corrected chi connectivity index (χ0v) is 17.0. The fourth-order valence-corrected chi connectivity index (χ4v) is 4.20. The van der Waals surface area contributed by atoms with E-state index in [-0.39, 0.29) is 11.5 Å². The number of pyridine rings is 1. The number of carbonyl (C=O) groups is 1. The minimum absolute atomic E-state index is 0.0876. The maximum absolute atomic E-state index is 14.1. The maximum Gasteiger partial charge on any atom is 0.256 e. The molecule has 0 N–H and O–H groups in total. The SMILES string of the molecule is O=C(c1ccc(F)cc1F)N1CCC(c2nc(C3CC3)ncc2-c2ccncc2)CC1. The fourth-order valence-electron chi connectivity index (χ4n) is 4.20. The Morgan fingerprint density at radius 2 is 1.71 bits per heavy atom. The standard InChI is InChI=1S/C24H22F2N4O/c25-18-3-4-19(21(26)13-18)24(31)30-11-7-16(8-12-30)22-20(15-5-9-27-10-6-15)14-28-23(29-22)17-1-2-17/h3-6,9-10,13-14,16-17H,1-2,7-8,11-12H2. The number of likely N-dealkylation sites (tertiary alicyclic amines) is 1. The molecule has 5 rings (SSSR count). The van der Waals surface area contributed by atoms with Gasteiger partial charge in [-0.1, -0.05) is 0 Å². The predicted molar refractivity (Wildman–Crippen MR) is 111 cm³/mol. The Kier molecular flexibility index (Phi) is 5.18. The van der Waals surface area contributed by atoms with Crippen LogP contribution < -0.4 is 0 Å². The van der Waals surface area contributed by atoms with E-state index in [0.717, 1.165) is 60.5 Å². The second kappa shape index (κ2) is 8.13. The molecule has 1 saturated heterocycles. The molecule has 1 aromatic carbocycles. The quantitative estimate of drug-likeness (QED) is 0.613. The Morgan fingerprint density at radius 3 is 2.39 bits per heavy atom. The highest BCUT2D eigenvalue weighted by Crippen LogP contribution is 2.40. The van der Waals surface area contributed by atoms with Gasteiger partial charge >= 0.3 is 0 Å². The van der Waals surface area contributed by atoms with Gasteiger partial charge < -0.3 is 4.90 Å². The summed E-state index contributed by atoms with van der Waals surface area (Å²) in [6.45, 7) is 0.998. The Balaban J connectivity index is 1.37. The van der Waals surface area contributed by atoms with E-state index < -0.39 is 17.5 Å². The van der Waals surface area contributed by atoms with Gasteiger partial charge in [-0.05, 0) is 55.5 Å². The third-order valence-corrected chi connectivity index (χ3v) is 6.10. The van der Waals surface area contributed by atoms with Gasteiger partial charge in [0.15, 0.2) is 0 Å². The zero-order valence-electron chi connectivity index (χ0n) is 17.0. The number of amides is 1. The summed E-state index contributed by atoms with van der Waals surface area (Å²) in [5.41, 5.74) is 2.96. The number of nitrogens with zero attached hydrogens (tertiary/aromatic N) is 4. The summed E-state index contributed by atoms with van der Waals surface area (Å²) < 4.78 is 27.2. The van der Waals surface area contributed by atoms with Gasteiger partial charge in [-0.15, -0.1) is 0 Å². The molecule has 0 radical (unpaired) electrons. The van der Waals surface area contributed by atoms with E-state index in [9.17, 15) is 13.6 Å². The lowest BCUT2D eigenvalue weighted by Crippen LogP contribution is -2.38. The summed E-state index contributed by atoms with van der Waals surface area (Å²) in [5.74, 6) is -0.367. The van der Waals surface area contributed by atoms with Crippen LogP contribution in [0.1, 0.15) is 59.4 Å². The summed E-state index contributed by atoms with van der Waals surface area (Å²) in [4.78, 5) is 28.0. The largest absolute Gasteiger partial charge is 0.339 e. The van der Waals surface area contributed by atoms with Gasteiger partial charge in [0.1, 0.15) is 17.5 Å². The topological polar surface area (TPSA) is 59.0 Å². The number of aromatic nitrogens is 3. The molecule has 1 aliphatic heterocycles. The number of hydrogen-bond acceptors (Lipinski definition) is 4. The van der Waals surface area contributed by atoms with Crippen LogP contribution in [0.2, 0.25) is 0 Å². The van der Waals surface area contributed by atoms with Crippen LogP contribution >= 0.6 is 0 Å². The first-order chi connectivity index (χ1) is 15.1. The summed E-state index contributed by atoms with van der Waals surface area (Å²) in [7, 11) is 0. The van der Waals surface area contributed by atoms with Gasteiger partial charge in [-0.2, -0.15) is 0 Å². The minimum atomic E-state index is -0.822. The third kappa shape index (κ3) is 4.04. The van der Waals surface area contributed by atoms with Crippen LogP contribution in [0.4, 0.5) is 8.78 Å². The van der Waals surface area contributed by atoms with Crippen LogP contribution in [0.25, 0.3) is 11.1 Å². The average molecular weight is 420 g/mol. The molecule has 31 heavy (non-hydrogen) atoms. The molecule has 0 unspecified atom stereocenters. The number of carbonyl (C=O) groups excluding carboxylic acids is 1. The van der Waals surface area contributed by atoms with E-state index in [4.69, 9.17) is 4.98 Å². The maximum atomic E-state index is 14.1. The van der Waals surface area contributed by atoms with Crippen LogP contribution in [-0.4, -0.2) is 38.8 Å². The van der Waals surface area contributed by atoms with Crippen molar-refractivity contribution in [2.75, 3.05) is 13.1 Å². The van der Waals surface area contributed by atoms with Crippen molar-refractivity contribution in [2.45, 2.75) is 37.5 Å². The van der Waals surface area contributed by atoms with Crippen molar-refractivity contribution in [3.63, 3.8) is 0 Å². The normalized spacial score (nSPS) is 17.0. The summed E-state index contributed by atoms with van der Waals surface area (Å²) in [6, 6.07) is 6.99. The van der Waals surface area contributed by atoms with E-state index in [2.05, 4.69) is 9.97 Å². The molecule has 2 aliphatic rings. The van der Waals surface area contributed by atoms with Crippen molar-refractivity contribution >= 4 is 5.91 Å². The van der Waals surface area contributed by atoms with Gasteiger partial charge in [0.2, 0.25) is 0 Å². The number of benzene rings is 1. The second-order valence-electron chi connectivity index (χ2n) is 8.23. The van der Waals surface area contributed by atoms with Gasteiger partial charge in [0.25, 0.3) is 5.91 Å². The predicted octanol–water partition coefficient (Wildman–Crippen LogP) is 4.71. The van der Waals surface area contributed by atoms with Crippen LogP contribution in [-0.2, 0) is 0 Å². The number of halogens is 2. The molecule has 1 amide bonds. The van der Waals surface area contributed by atoms with Crippen molar-refractivity contribution in [3.8, 4) is 11.1 Å². The van der Waals surface area contributed by atoms with Gasteiger partial charge in [0.05, 0.1) is 11.3 Å². The smallest absolute Gasteiger partial charge is 0.256 e.